The van der Waals surface area contributed by atoms with Gasteiger partial charge in [-0.25, -0.2) is 13.1 Å². The average molecular weight is 380 g/mol. The van der Waals surface area contributed by atoms with Crippen molar-refractivity contribution >= 4 is 28.3 Å². The van der Waals surface area contributed by atoms with E-state index in [4.69, 9.17) is 10.5 Å². The Balaban J connectivity index is 0.00000529. The van der Waals surface area contributed by atoms with Gasteiger partial charge in [-0.3, -0.25) is 4.79 Å². The normalized spacial score (nSPS) is 12.1. The van der Waals surface area contributed by atoms with E-state index in [1.165, 1.54) is 12.1 Å². The summed E-state index contributed by atoms with van der Waals surface area (Å²) in [6, 6.07) is 6.15. The molecule has 1 aromatic carbocycles. The highest BCUT2D eigenvalue weighted by atomic mass is 35.5. The minimum atomic E-state index is -3.63. The molecular formula is C15H26ClN3O4S. The molecule has 1 atom stereocenters. The molecule has 0 spiro atoms. The number of nitrogens with two attached hydrogens (primary N) is 1. The van der Waals surface area contributed by atoms with Gasteiger partial charge < -0.3 is 15.8 Å². The highest BCUT2D eigenvalue weighted by molar-refractivity contribution is 7.89. The number of hydrogen-bond donors (Lipinski definition) is 3. The maximum absolute atomic E-state index is 12.1. The summed E-state index contributed by atoms with van der Waals surface area (Å²) in [5.41, 5.74) is 5.58. The molecule has 0 saturated heterocycles. The zero-order valence-electron chi connectivity index (χ0n) is 13.9. The third-order valence-corrected chi connectivity index (χ3v) is 4.49. The Morgan fingerprint density at radius 3 is 2.42 bits per heavy atom. The van der Waals surface area contributed by atoms with Gasteiger partial charge in [0, 0.05) is 25.6 Å². The molecule has 1 amide bonds. The van der Waals surface area contributed by atoms with Crippen LogP contribution in [0.4, 0.5) is 0 Å². The van der Waals surface area contributed by atoms with Gasteiger partial charge in [0.05, 0.1) is 11.5 Å². The first kappa shape index (κ1) is 22.6. The van der Waals surface area contributed by atoms with Crippen molar-refractivity contribution in [2.24, 2.45) is 5.73 Å². The van der Waals surface area contributed by atoms with Crippen molar-refractivity contribution in [3.05, 3.63) is 24.3 Å². The van der Waals surface area contributed by atoms with Crippen LogP contribution in [0.25, 0.3) is 0 Å². The van der Waals surface area contributed by atoms with E-state index in [-0.39, 0.29) is 42.2 Å². The fraction of sp³-hybridized carbons (Fsp3) is 0.533. The van der Waals surface area contributed by atoms with Crippen LogP contribution in [0, 0.1) is 0 Å². The molecule has 0 aliphatic heterocycles. The van der Waals surface area contributed by atoms with Crippen molar-refractivity contribution in [1.82, 2.24) is 10.0 Å². The van der Waals surface area contributed by atoms with Crippen molar-refractivity contribution in [1.29, 1.82) is 0 Å². The van der Waals surface area contributed by atoms with Gasteiger partial charge in [-0.15, -0.1) is 12.4 Å². The molecule has 1 aromatic rings. The fourth-order valence-corrected chi connectivity index (χ4v) is 2.82. The van der Waals surface area contributed by atoms with E-state index in [0.717, 1.165) is 0 Å². The van der Waals surface area contributed by atoms with Gasteiger partial charge in [-0.2, -0.15) is 0 Å². The summed E-state index contributed by atoms with van der Waals surface area (Å²) in [5.74, 6) is 0.403. The van der Waals surface area contributed by atoms with Crippen LogP contribution in [-0.4, -0.2) is 40.1 Å². The fourth-order valence-electron chi connectivity index (χ4n) is 1.79. The van der Waals surface area contributed by atoms with E-state index in [1.807, 2.05) is 13.8 Å². The Hall–Kier alpha value is -1.35. The molecule has 24 heavy (non-hydrogen) atoms. The number of sulfonamides is 1. The molecule has 0 radical (unpaired) electrons. The van der Waals surface area contributed by atoms with E-state index in [2.05, 4.69) is 10.0 Å². The summed E-state index contributed by atoms with van der Waals surface area (Å²) in [6.07, 6.45) is 0.763. The van der Waals surface area contributed by atoms with Crippen LogP contribution in [0.15, 0.2) is 29.2 Å². The lowest BCUT2D eigenvalue weighted by atomic mass is 10.2. The lowest BCUT2D eigenvalue weighted by Gasteiger charge is -2.09. The molecule has 0 aromatic heterocycles. The van der Waals surface area contributed by atoms with Gasteiger partial charge in [0.15, 0.2) is 0 Å². The molecule has 0 saturated carbocycles. The predicted octanol–water partition coefficient (Wildman–Crippen LogP) is 1.03. The second kappa shape index (κ2) is 11.2. The highest BCUT2D eigenvalue weighted by Gasteiger charge is 2.14. The number of carbonyl (C=O) groups excluding carboxylic acids is 1. The molecule has 0 bridgehead atoms. The SMILES string of the molecule is CCOc1ccc(S(=O)(=O)NCCC(=O)NCCC(C)N)cc1.Cl. The van der Waals surface area contributed by atoms with E-state index in [1.54, 1.807) is 12.1 Å². The number of hydrogen-bond acceptors (Lipinski definition) is 5. The van der Waals surface area contributed by atoms with Crippen LogP contribution in [0.2, 0.25) is 0 Å². The van der Waals surface area contributed by atoms with Crippen LogP contribution in [0.1, 0.15) is 26.7 Å². The third kappa shape index (κ3) is 8.49. The zero-order chi connectivity index (χ0) is 17.3. The first-order valence-corrected chi connectivity index (χ1v) is 9.08. The number of benzene rings is 1. The topological polar surface area (TPSA) is 111 Å². The summed E-state index contributed by atoms with van der Waals surface area (Å²) < 4.78 is 31.8. The van der Waals surface area contributed by atoms with Crippen LogP contribution >= 0.6 is 12.4 Å². The molecule has 1 unspecified atom stereocenters. The quantitative estimate of drug-likeness (QED) is 0.562. The molecule has 0 heterocycles. The lowest BCUT2D eigenvalue weighted by molar-refractivity contribution is -0.120. The maximum atomic E-state index is 12.1. The second-order valence-corrected chi connectivity index (χ2v) is 6.94. The summed E-state index contributed by atoms with van der Waals surface area (Å²) in [6.45, 7) is 4.76. The van der Waals surface area contributed by atoms with Gasteiger partial charge >= 0.3 is 0 Å². The Morgan fingerprint density at radius 2 is 1.88 bits per heavy atom. The van der Waals surface area contributed by atoms with E-state index in [0.29, 0.717) is 25.3 Å². The van der Waals surface area contributed by atoms with Crippen molar-refractivity contribution < 1.29 is 17.9 Å². The zero-order valence-corrected chi connectivity index (χ0v) is 15.6. The molecule has 4 N–H and O–H groups in total. The van der Waals surface area contributed by atoms with Crippen molar-refractivity contribution in [2.75, 3.05) is 19.7 Å². The summed E-state index contributed by atoms with van der Waals surface area (Å²) >= 11 is 0. The predicted molar refractivity (Wildman–Crippen MR) is 95.9 cm³/mol. The first-order chi connectivity index (χ1) is 10.8. The molecule has 9 heteroatoms. The van der Waals surface area contributed by atoms with Crippen LogP contribution in [0.5, 0.6) is 5.75 Å². The highest BCUT2D eigenvalue weighted by Crippen LogP contribution is 2.15. The largest absolute Gasteiger partial charge is 0.494 e. The molecule has 0 aliphatic rings. The average Bonchev–Trinajstić information content (AvgIpc) is 2.47. The van der Waals surface area contributed by atoms with E-state index >= 15 is 0 Å². The lowest BCUT2D eigenvalue weighted by Crippen LogP contribution is -2.32. The van der Waals surface area contributed by atoms with Crippen molar-refractivity contribution in [3.63, 3.8) is 0 Å². The van der Waals surface area contributed by atoms with E-state index < -0.39 is 10.0 Å². The van der Waals surface area contributed by atoms with Crippen LogP contribution < -0.4 is 20.5 Å². The van der Waals surface area contributed by atoms with Crippen LogP contribution in [-0.2, 0) is 14.8 Å². The number of halogens is 1. The molecule has 0 aliphatic carbocycles. The minimum absolute atomic E-state index is 0. The monoisotopic (exact) mass is 379 g/mol. The smallest absolute Gasteiger partial charge is 0.240 e. The van der Waals surface area contributed by atoms with E-state index in [9.17, 15) is 13.2 Å². The van der Waals surface area contributed by atoms with Crippen LogP contribution in [0.3, 0.4) is 0 Å². The first-order valence-electron chi connectivity index (χ1n) is 7.60. The van der Waals surface area contributed by atoms with Crippen molar-refractivity contribution in [3.8, 4) is 5.75 Å². The Labute approximate surface area is 149 Å². The number of carbonyl (C=O) groups is 1. The number of rotatable bonds is 10. The number of amides is 1. The van der Waals surface area contributed by atoms with Gasteiger partial charge in [-0.05, 0) is 44.5 Å². The second-order valence-electron chi connectivity index (χ2n) is 5.17. The summed E-state index contributed by atoms with van der Waals surface area (Å²) in [5, 5.41) is 2.69. The Bertz CT molecular complexity index is 591. The third-order valence-electron chi connectivity index (χ3n) is 3.01. The molecular weight excluding hydrogens is 354 g/mol. The standard InChI is InChI=1S/C15H25N3O4S.ClH/c1-3-22-13-4-6-14(7-5-13)23(20,21)18-11-9-15(19)17-10-8-12(2)16;/h4-7,12,18H,3,8-11,16H2,1-2H3,(H,17,19);1H. The molecule has 1 rings (SSSR count). The Morgan fingerprint density at radius 1 is 1.25 bits per heavy atom. The van der Waals surface area contributed by atoms with Gasteiger partial charge in [0.1, 0.15) is 5.75 Å². The minimum Gasteiger partial charge on any atom is -0.494 e. The van der Waals surface area contributed by atoms with Gasteiger partial charge in [0.25, 0.3) is 0 Å². The maximum Gasteiger partial charge on any atom is 0.240 e. The summed E-state index contributed by atoms with van der Waals surface area (Å²) in [4.78, 5) is 11.7. The van der Waals surface area contributed by atoms with Gasteiger partial charge in [0.2, 0.25) is 15.9 Å². The van der Waals surface area contributed by atoms with Crippen molar-refractivity contribution in [2.45, 2.75) is 37.6 Å². The summed E-state index contributed by atoms with van der Waals surface area (Å²) in [7, 11) is -3.63. The molecule has 0 fully saturated rings. The Kier molecular flexibility index (Phi) is 10.6. The molecule has 138 valence electrons. The number of nitrogens with one attached hydrogen (secondary N) is 2. The number of ether oxygens (including phenoxy) is 1. The van der Waals surface area contributed by atoms with Gasteiger partial charge in [-0.1, -0.05) is 0 Å². The molecule has 7 nitrogen and oxygen atoms in total.